The van der Waals surface area contributed by atoms with E-state index in [4.69, 9.17) is 0 Å². The van der Waals surface area contributed by atoms with Gasteiger partial charge in [-0.1, -0.05) is 0 Å². The Hall–Kier alpha value is -2.44. The van der Waals surface area contributed by atoms with Gasteiger partial charge >= 0.3 is 5.97 Å². The molecule has 0 radical (unpaired) electrons. The number of pyridine rings is 1. The fourth-order valence-corrected chi connectivity index (χ4v) is 2.93. The zero-order valence-corrected chi connectivity index (χ0v) is 12.4. The largest absolute Gasteiger partial charge is 0.481 e. The number of aliphatic carboxylic acids is 1. The van der Waals surface area contributed by atoms with E-state index in [0.29, 0.717) is 43.0 Å². The van der Waals surface area contributed by atoms with Crippen LogP contribution in [-0.2, 0) is 11.3 Å². The Kier molecular flexibility index (Phi) is 3.79. The lowest BCUT2D eigenvalue weighted by atomic mass is 9.98. The smallest absolute Gasteiger partial charge is 0.308 e. The molecule has 7 heteroatoms. The van der Waals surface area contributed by atoms with Crippen molar-refractivity contribution in [1.29, 1.82) is 0 Å². The van der Waals surface area contributed by atoms with Gasteiger partial charge in [0.1, 0.15) is 5.52 Å². The van der Waals surface area contributed by atoms with Crippen molar-refractivity contribution < 1.29 is 9.90 Å². The van der Waals surface area contributed by atoms with E-state index in [9.17, 15) is 14.7 Å². The van der Waals surface area contributed by atoms with Crippen molar-refractivity contribution in [3.8, 4) is 0 Å². The molecule has 1 atom stereocenters. The van der Waals surface area contributed by atoms with Crippen LogP contribution in [0.5, 0.6) is 0 Å². The summed E-state index contributed by atoms with van der Waals surface area (Å²) in [5.41, 5.74) is 1.00. The van der Waals surface area contributed by atoms with Gasteiger partial charge in [0.15, 0.2) is 11.5 Å². The molecule has 0 saturated carbocycles. The number of nitrogens with zero attached hydrogens (tertiary/aromatic N) is 4. The van der Waals surface area contributed by atoms with Crippen molar-refractivity contribution >= 4 is 23.0 Å². The number of rotatable bonds is 3. The number of aryl methyl sites for hydroxylation is 1. The summed E-state index contributed by atoms with van der Waals surface area (Å²) in [6.45, 7) is 3.36. The first kappa shape index (κ1) is 14.5. The minimum atomic E-state index is -0.817. The summed E-state index contributed by atoms with van der Waals surface area (Å²) < 4.78 is 1.59. The van der Waals surface area contributed by atoms with E-state index in [2.05, 4.69) is 9.97 Å². The Balaban J connectivity index is 2.09. The Morgan fingerprint density at radius 1 is 1.50 bits per heavy atom. The number of hydrogen-bond acceptors (Lipinski definition) is 5. The number of anilines is 1. The van der Waals surface area contributed by atoms with Crippen LogP contribution in [0, 0.1) is 5.92 Å². The average molecular weight is 302 g/mol. The summed E-state index contributed by atoms with van der Waals surface area (Å²) in [4.78, 5) is 34.3. The molecule has 2 aromatic heterocycles. The molecule has 0 aliphatic carbocycles. The molecule has 1 fully saturated rings. The molecule has 1 aliphatic rings. The molecule has 0 spiro atoms. The van der Waals surface area contributed by atoms with Gasteiger partial charge in [0.25, 0.3) is 5.56 Å². The van der Waals surface area contributed by atoms with Gasteiger partial charge in [-0.05, 0) is 31.9 Å². The maximum atomic E-state index is 12.7. The van der Waals surface area contributed by atoms with E-state index < -0.39 is 11.9 Å². The predicted molar refractivity (Wildman–Crippen MR) is 82.0 cm³/mol. The summed E-state index contributed by atoms with van der Waals surface area (Å²) in [7, 11) is 0. The predicted octanol–water partition coefficient (Wildman–Crippen LogP) is 1.11. The molecule has 1 aliphatic heterocycles. The highest BCUT2D eigenvalue weighted by Gasteiger charge is 2.28. The maximum absolute atomic E-state index is 12.7. The summed E-state index contributed by atoms with van der Waals surface area (Å²) >= 11 is 0. The highest BCUT2D eigenvalue weighted by Crippen LogP contribution is 2.21. The number of hydrogen-bond donors (Lipinski definition) is 1. The van der Waals surface area contributed by atoms with Gasteiger partial charge in [-0.25, -0.2) is 9.97 Å². The lowest BCUT2D eigenvalue weighted by molar-refractivity contribution is -0.141. The second-order valence-electron chi connectivity index (χ2n) is 5.45. The van der Waals surface area contributed by atoms with Crippen molar-refractivity contribution in [2.75, 3.05) is 18.0 Å². The Morgan fingerprint density at radius 3 is 3.05 bits per heavy atom. The van der Waals surface area contributed by atoms with Crippen LogP contribution in [0.1, 0.15) is 19.8 Å². The SMILES string of the molecule is CCn1c(=O)c(N2CCCC(C(=O)O)C2)nc2cccnc21. The molecule has 1 unspecified atom stereocenters. The minimum Gasteiger partial charge on any atom is -0.481 e. The van der Waals surface area contributed by atoms with E-state index in [0.717, 1.165) is 6.42 Å². The topological polar surface area (TPSA) is 88.3 Å². The quantitative estimate of drug-likeness (QED) is 0.914. The van der Waals surface area contributed by atoms with Gasteiger partial charge in [-0.2, -0.15) is 0 Å². The molecule has 2 aromatic rings. The number of carboxylic acid groups (broad SMARTS) is 1. The Morgan fingerprint density at radius 2 is 2.32 bits per heavy atom. The van der Waals surface area contributed by atoms with Crippen LogP contribution < -0.4 is 10.5 Å². The van der Waals surface area contributed by atoms with Crippen molar-refractivity contribution in [3.63, 3.8) is 0 Å². The zero-order valence-electron chi connectivity index (χ0n) is 12.4. The van der Waals surface area contributed by atoms with E-state index in [1.54, 1.807) is 21.7 Å². The van der Waals surface area contributed by atoms with Crippen LogP contribution in [-0.4, -0.2) is 38.7 Å². The van der Waals surface area contributed by atoms with Gasteiger partial charge in [-0.15, -0.1) is 0 Å². The average Bonchev–Trinajstić information content (AvgIpc) is 2.54. The van der Waals surface area contributed by atoms with Crippen molar-refractivity contribution in [2.45, 2.75) is 26.3 Å². The molecule has 3 heterocycles. The molecule has 1 saturated heterocycles. The third-order valence-corrected chi connectivity index (χ3v) is 4.07. The van der Waals surface area contributed by atoms with Gasteiger partial charge in [0, 0.05) is 25.8 Å². The van der Waals surface area contributed by atoms with Crippen molar-refractivity contribution in [2.24, 2.45) is 5.92 Å². The van der Waals surface area contributed by atoms with Crippen LogP contribution >= 0.6 is 0 Å². The fraction of sp³-hybridized carbons (Fsp3) is 0.467. The van der Waals surface area contributed by atoms with E-state index in [1.807, 2.05) is 13.0 Å². The van der Waals surface area contributed by atoms with E-state index in [-0.39, 0.29) is 5.56 Å². The lowest BCUT2D eigenvalue weighted by Crippen LogP contribution is -2.42. The first-order chi connectivity index (χ1) is 10.6. The molecule has 0 bridgehead atoms. The van der Waals surface area contributed by atoms with E-state index >= 15 is 0 Å². The fourth-order valence-electron chi connectivity index (χ4n) is 2.93. The molecule has 7 nitrogen and oxygen atoms in total. The molecule has 116 valence electrons. The summed E-state index contributed by atoms with van der Waals surface area (Å²) in [6, 6.07) is 3.59. The second kappa shape index (κ2) is 5.75. The number of fused-ring (bicyclic) bond motifs is 1. The van der Waals surface area contributed by atoms with Crippen LogP contribution in [0.2, 0.25) is 0 Å². The Bertz CT molecular complexity index is 771. The first-order valence-corrected chi connectivity index (χ1v) is 7.45. The molecule has 3 rings (SSSR count). The molecule has 1 N–H and O–H groups in total. The molecule has 0 amide bonds. The summed E-state index contributed by atoms with van der Waals surface area (Å²) in [5.74, 6) is -0.939. The monoisotopic (exact) mass is 302 g/mol. The van der Waals surface area contributed by atoms with Gasteiger partial charge in [0.05, 0.1) is 5.92 Å². The highest BCUT2D eigenvalue weighted by atomic mass is 16.4. The van der Waals surface area contributed by atoms with Gasteiger partial charge in [0.2, 0.25) is 0 Å². The van der Waals surface area contributed by atoms with Crippen LogP contribution in [0.15, 0.2) is 23.1 Å². The third kappa shape index (κ3) is 2.43. The molecule has 0 aromatic carbocycles. The van der Waals surface area contributed by atoms with Gasteiger partial charge in [-0.3, -0.25) is 14.2 Å². The standard InChI is InChI=1S/C15H18N4O3/c1-2-19-12-11(6-3-7-16-12)17-13(14(19)20)18-8-4-5-10(9-18)15(21)22/h3,6-7,10H,2,4-5,8-9H2,1H3,(H,21,22). The second-order valence-corrected chi connectivity index (χ2v) is 5.45. The number of aromatic nitrogens is 3. The van der Waals surface area contributed by atoms with E-state index in [1.165, 1.54) is 0 Å². The molecule has 22 heavy (non-hydrogen) atoms. The lowest BCUT2D eigenvalue weighted by Gasteiger charge is -2.31. The third-order valence-electron chi connectivity index (χ3n) is 4.07. The maximum Gasteiger partial charge on any atom is 0.308 e. The van der Waals surface area contributed by atoms with Crippen molar-refractivity contribution in [1.82, 2.24) is 14.5 Å². The number of carbonyl (C=O) groups is 1. The number of piperidine rings is 1. The van der Waals surface area contributed by atoms with Crippen LogP contribution in [0.4, 0.5) is 5.82 Å². The van der Waals surface area contributed by atoms with Crippen molar-refractivity contribution in [3.05, 3.63) is 28.7 Å². The number of carboxylic acids is 1. The highest BCUT2D eigenvalue weighted by molar-refractivity contribution is 5.73. The van der Waals surface area contributed by atoms with Gasteiger partial charge < -0.3 is 10.0 Å². The summed E-state index contributed by atoms with van der Waals surface area (Å²) in [5, 5.41) is 9.20. The molecular formula is C15H18N4O3. The van der Waals surface area contributed by atoms with Crippen LogP contribution in [0.3, 0.4) is 0 Å². The molecular weight excluding hydrogens is 284 g/mol. The van der Waals surface area contributed by atoms with Crippen LogP contribution in [0.25, 0.3) is 11.2 Å². The first-order valence-electron chi connectivity index (χ1n) is 7.45. The normalized spacial score (nSPS) is 18.6. The summed E-state index contributed by atoms with van der Waals surface area (Å²) in [6.07, 6.45) is 3.02. The zero-order chi connectivity index (χ0) is 15.7. The Labute approximate surface area is 127 Å². The minimum absolute atomic E-state index is 0.209.